The van der Waals surface area contributed by atoms with Crippen molar-refractivity contribution < 1.29 is 19.1 Å². The van der Waals surface area contributed by atoms with Crippen molar-refractivity contribution in [1.82, 2.24) is 14.8 Å². The van der Waals surface area contributed by atoms with E-state index in [1.807, 2.05) is 24.3 Å². The van der Waals surface area contributed by atoms with Gasteiger partial charge in [-0.05, 0) is 67.2 Å². The SMILES string of the molecule is CCN1CCN(Cc2ccc3cc(C(=O)Nc4cc(NC(=O)c5ccc6c(c5)OCCO6)ccc4Cl)ccc3n2)CC1. The van der Waals surface area contributed by atoms with Gasteiger partial charge in [0, 0.05) is 54.9 Å². The summed E-state index contributed by atoms with van der Waals surface area (Å²) in [4.78, 5) is 35.8. The predicted molar refractivity (Wildman–Crippen MR) is 164 cm³/mol. The lowest BCUT2D eigenvalue weighted by Crippen LogP contribution is -2.45. The highest BCUT2D eigenvalue weighted by Crippen LogP contribution is 2.32. The monoisotopic (exact) mass is 585 g/mol. The molecule has 0 spiro atoms. The summed E-state index contributed by atoms with van der Waals surface area (Å²) in [6.45, 7) is 9.27. The summed E-state index contributed by atoms with van der Waals surface area (Å²) in [5, 5.41) is 6.96. The Morgan fingerprint density at radius 3 is 2.33 bits per heavy atom. The van der Waals surface area contributed by atoms with Gasteiger partial charge in [-0.3, -0.25) is 19.5 Å². The first-order valence-corrected chi connectivity index (χ1v) is 14.5. The number of carbonyl (C=O) groups excluding carboxylic acids is 2. The van der Waals surface area contributed by atoms with E-state index in [1.165, 1.54) is 0 Å². The van der Waals surface area contributed by atoms with Crippen LogP contribution in [0.3, 0.4) is 0 Å². The summed E-state index contributed by atoms with van der Waals surface area (Å²) in [5.41, 5.74) is 3.64. The zero-order valence-corrected chi connectivity index (χ0v) is 24.1. The second-order valence-corrected chi connectivity index (χ2v) is 10.8. The van der Waals surface area contributed by atoms with E-state index in [-0.39, 0.29) is 11.8 Å². The highest BCUT2D eigenvalue weighted by Gasteiger charge is 2.18. The molecule has 2 amide bonds. The third kappa shape index (κ3) is 6.33. The van der Waals surface area contributed by atoms with Crippen LogP contribution in [0.4, 0.5) is 11.4 Å². The molecule has 9 nitrogen and oxygen atoms in total. The molecular formula is C32H32ClN5O4. The molecule has 0 bridgehead atoms. The number of anilines is 2. The smallest absolute Gasteiger partial charge is 0.255 e. The van der Waals surface area contributed by atoms with Crippen LogP contribution in [0, 0.1) is 0 Å². The molecule has 0 aliphatic carbocycles. The Morgan fingerprint density at radius 1 is 0.810 bits per heavy atom. The van der Waals surface area contributed by atoms with Gasteiger partial charge in [0.2, 0.25) is 0 Å². The normalized spacial score (nSPS) is 15.4. The topological polar surface area (TPSA) is 96.0 Å². The molecule has 0 radical (unpaired) electrons. The van der Waals surface area contributed by atoms with Crippen LogP contribution in [0.15, 0.2) is 66.7 Å². The number of aromatic nitrogens is 1. The minimum absolute atomic E-state index is 0.313. The molecule has 4 aromatic rings. The standard InChI is InChI=1S/C32H32ClN5O4/c1-2-37-11-13-38(14-12-37)20-25-6-3-21-17-22(4-9-27(21)34-25)32(40)36-28-19-24(7-8-26(28)33)35-31(39)23-5-10-29-30(18-23)42-16-15-41-29/h3-10,17-19H,2,11-16,20H2,1H3,(H,35,39)(H,36,40). The van der Waals surface area contributed by atoms with E-state index in [1.54, 1.807) is 42.5 Å². The molecule has 42 heavy (non-hydrogen) atoms. The number of carbonyl (C=O) groups is 2. The zero-order valence-electron chi connectivity index (χ0n) is 23.4. The molecule has 1 fully saturated rings. The van der Waals surface area contributed by atoms with E-state index in [9.17, 15) is 9.59 Å². The number of likely N-dealkylation sites (N-methyl/N-ethyl adjacent to an activating group) is 1. The molecule has 2 aliphatic heterocycles. The van der Waals surface area contributed by atoms with Gasteiger partial charge >= 0.3 is 0 Å². The number of pyridine rings is 1. The van der Waals surface area contributed by atoms with Crippen LogP contribution in [-0.4, -0.2) is 72.5 Å². The number of benzene rings is 3. The van der Waals surface area contributed by atoms with E-state index in [0.29, 0.717) is 52.2 Å². The Bertz CT molecular complexity index is 1640. The van der Waals surface area contributed by atoms with Gasteiger partial charge in [0.15, 0.2) is 11.5 Å². The maximum absolute atomic E-state index is 13.2. The molecule has 0 atom stereocenters. The Balaban J connectivity index is 1.11. The van der Waals surface area contributed by atoms with Crippen LogP contribution in [0.2, 0.25) is 5.02 Å². The molecule has 1 aromatic heterocycles. The third-order valence-electron chi connectivity index (χ3n) is 7.58. The average Bonchev–Trinajstić information content (AvgIpc) is 3.02. The summed E-state index contributed by atoms with van der Waals surface area (Å²) in [6.07, 6.45) is 0. The Hall–Kier alpha value is -4.18. The lowest BCUT2D eigenvalue weighted by atomic mass is 10.1. The number of nitrogens with one attached hydrogen (secondary N) is 2. The lowest BCUT2D eigenvalue weighted by Gasteiger charge is -2.33. The summed E-state index contributed by atoms with van der Waals surface area (Å²) in [6, 6.07) is 19.5. The van der Waals surface area contributed by atoms with Crippen molar-refractivity contribution in [2.24, 2.45) is 0 Å². The minimum Gasteiger partial charge on any atom is -0.486 e. The van der Waals surface area contributed by atoms with Crippen molar-refractivity contribution in [1.29, 1.82) is 0 Å². The number of hydrogen-bond donors (Lipinski definition) is 2. The Labute approximate surface area is 249 Å². The van der Waals surface area contributed by atoms with Crippen LogP contribution >= 0.6 is 11.6 Å². The van der Waals surface area contributed by atoms with Crippen LogP contribution in [0.1, 0.15) is 33.3 Å². The van der Waals surface area contributed by atoms with Gasteiger partial charge in [0.25, 0.3) is 11.8 Å². The first-order valence-electron chi connectivity index (χ1n) is 14.1. The summed E-state index contributed by atoms with van der Waals surface area (Å²) in [5.74, 6) is 0.508. The molecule has 6 rings (SSSR count). The van der Waals surface area contributed by atoms with Crippen LogP contribution < -0.4 is 20.1 Å². The van der Waals surface area contributed by atoms with Gasteiger partial charge in [-0.2, -0.15) is 0 Å². The van der Waals surface area contributed by atoms with E-state index in [0.717, 1.165) is 55.9 Å². The van der Waals surface area contributed by atoms with Gasteiger partial charge in [-0.1, -0.05) is 24.6 Å². The molecule has 0 unspecified atom stereocenters. The Morgan fingerprint density at radius 2 is 1.52 bits per heavy atom. The zero-order chi connectivity index (χ0) is 29.1. The lowest BCUT2D eigenvalue weighted by molar-refractivity contribution is 0.101. The minimum atomic E-state index is -0.323. The van der Waals surface area contributed by atoms with Crippen LogP contribution in [-0.2, 0) is 6.54 Å². The molecule has 1 saturated heterocycles. The van der Waals surface area contributed by atoms with E-state index >= 15 is 0 Å². The number of halogens is 1. The van der Waals surface area contributed by atoms with Crippen molar-refractivity contribution in [3.05, 3.63) is 88.6 Å². The second-order valence-electron chi connectivity index (χ2n) is 10.4. The number of amides is 2. The summed E-state index contributed by atoms with van der Waals surface area (Å²) >= 11 is 6.39. The predicted octanol–water partition coefficient (Wildman–Crippen LogP) is 5.30. The average molecular weight is 586 g/mol. The number of ether oxygens (including phenoxy) is 2. The van der Waals surface area contributed by atoms with Crippen molar-refractivity contribution in [2.45, 2.75) is 13.5 Å². The summed E-state index contributed by atoms with van der Waals surface area (Å²) in [7, 11) is 0. The quantitative estimate of drug-likeness (QED) is 0.304. The number of rotatable bonds is 7. The highest BCUT2D eigenvalue weighted by atomic mass is 35.5. The number of piperazine rings is 1. The maximum Gasteiger partial charge on any atom is 0.255 e. The van der Waals surface area contributed by atoms with Gasteiger partial charge in [0.05, 0.1) is 21.9 Å². The fourth-order valence-corrected chi connectivity index (χ4v) is 5.34. The Kier molecular flexibility index (Phi) is 8.23. The fourth-order valence-electron chi connectivity index (χ4n) is 5.17. The molecule has 10 heteroatoms. The van der Waals surface area contributed by atoms with E-state index in [4.69, 9.17) is 26.1 Å². The van der Waals surface area contributed by atoms with Gasteiger partial charge in [-0.25, -0.2) is 0 Å². The second kappa shape index (κ2) is 12.4. The van der Waals surface area contributed by atoms with E-state index < -0.39 is 0 Å². The van der Waals surface area contributed by atoms with Gasteiger partial charge in [-0.15, -0.1) is 0 Å². The maximum atomic E-state index is 13.2. The molecule has 2 aliphatic rings. The molecule has 0 saturated carbocycles. The van der Waals surface area contributed by atoms with E-state index in [2.05, 4.69) is 27.4 Å². The molecule has 3 heterocycles. The fraction of sp³-hybridized carbons (Fsp3) is 0.281. The molecule has 3 aromatic carbocycles. The van der Waals surface area contributed by atoms with Crippen molar-refractivity contribution in [3.63, 3.8) is 0 Å². The third-order valence-corrected chi connectivity index (χ3v) is 7.91. The summed E-state index contributed by atoms with van der Waals surface area (Å²) < 4.78 is 11.1. The first kappa shape index (κ1) is 28.0. The van der Waals surface area contributed by atoms with Crippen molar-refractivity contribution >= 4 is 45.7 Å². The molecule has 2 N–H and O–H groups in total. The van der Waals surface area contributed by atoms with Crippen LogP contribution in [0.25, 0.3) is 10.9 Å². The van der Waals surface area contributed by atoms with Crippen molar-refractivity contribution in [3.8, 4) is 11.5 Å². The largest absolute Gasteiger partial charge is 0.486 e. The van der Waals surface area contributed by atoms with Crippen molar-refractivity contribution in [2.75, 3.05) is 56.6 Å². The molecule has 216 valence electrons. The van der Waals surface area contributed by atoms with Gasteiger partial charge < -0.3 is 25.0 Å². The number of fused-ring (bicyclic) bond motifs is 2. The first-order chi connectivity index (χ1) is 20.4. The molecular weight excluding hydrogens is 554 g/mol. The van der Waals surface area contributed by atoms with Gasteiger partial charge in [0.1, 0.15) is 13.2 Å². The highest BCUT2D eigenvalue weighted by molar-refractivity contribution is 6.34. The number of nitrogens with zero attached hydrogens (tertiary/aromatic N) is 3. The number of hydrogen-bond acceptors (Lipinski definition) is 7. The van der Waals surface area contributed by atoms with Crippen LogP contribution in [0.5, 0.6) is 11.5 Å².